The predicted molar refractivity (Wildman–Crippen MR) is 71.9 cm³/mol. The third kappa shape index (κ3) is 5.31. The first-order valence-electron chi connectivity index (χ1n) is 6.93. The molecule has 0 rings (SSSR count). The molecule has 0 aromatic heterocycles. The molecule has 98 valence electrons. The van der Waals surface area contributed by atoms with Crippen LogP contribution in [0.25, 0.3) is 0 Å². The minimum atomic E-state index is -0.0110. The van der Waals surface area contributed by atoms with Gasteiger partial charge in [-0.15, -0.1) is 0 Å². The smallest absolute Gasteiger partial charge is 0.0800 e. The minimum absolute atomic E-state index is 0.0110. The van der Waals surface area contributed by atoms with Gasteiger partial charge in [0.05, 0.1) is 5.60 Å². The Labute approximate surface area is 102 Å². The highest BCUT2D eigenvalue weighted by Gasteiger charge is 2.31. The summed E-state index contributed by atoms with van der Waals surface area (Å²) in [7, 11) is 1.84. The van der Waals surface area contributed by atoms with Crippen LogP contribution in [0.1, 0.15) is 66.2 Å². The van der Waals surface area contributed by atoms with Gasteiger partial charge in [-0.2, -0.15) is 0 Å². The van der Waals surface area contributed by atoms with Crippen molar-refractivity contribution >= 4 is 0 Å². The lowest BCUT2D eigenvalue weighted by Crippen LogP contribution is -2.50. The average Bonchev–Trinajstić information content (AvgIpc) is 2.32. The van der Waals surface area contributed by atoms with Gasteiger partial charge in [0.1, 0.15) is 0 Å². The van der Waals surface area contributed by atoms with Gasteiger partial charge in [0.25, 0.3) is 0 Å². The molecule has 0 spiro atoms. The zero-order valence-electron chi connectivity index (χ0n) is 11.9. The molecule has 2 nitrogen and oxygen atoms in total. The molecule has 0 aromatic rings. The van der Waals surface area contributed by atoms with Gasteiger partial charge in [-0.25, -0.2) is 0 Å². The van der Waals surface area contributed by atoms with Crippen LogP contribution in [0.15, 0.2) is 0 Å². The maximum atomic E-state index is 5.71. The summed E-state index contributed by atoms with van der Waals surface area (Å²) in [5, 5.41) is 3.65. The van der Waals surface area contributed by atoms with E-state index < -0.39 is 0 Å². The van der Waals surface area contributed by atoms with Crippen LogP contribution in [0, 0.1) is 0 Å². The molecule has 0 aromatic carbocycles. The Kier molecular flexibility index (Phi) is 8.96. The number of nitrogens with one attached hydrogen (secondary N) is 1. The van der Waals surface area contributed by atoms with Crippen LogP contribution in [-0.2, 0) is 4.74 Å². The lowest BCUT2D eigenvalue weighted by atomic mass is 9.89. The zero-order valence-corrected chi connectivity index (χ0v) is 11.9. The number of ether oxygens (including phenoxy) is 1. The highest BCUT2D eigenvalue weighted by Crippen LogP contribution is 2.23. The third-order valence-electron chi connectivity index (χ3n) is 3.64. The monoisotopic (exact) mass is 229 g/mol. The molecule has 0 saturated carbocycles. The molecule has 1 N–H and O–H groups in total. The molecule has 16 heavy (non-hydrogen) atoms. The van der Waals surface area contributed by atoms with Gasteiger partial charge >= 0.3 is 0 Å². The van der Waals surface area contributed by atoms with E-state index in [1.54, 1.807) is 0 Å². The summed E-state index contributed by atoms with van der Waals surface area (Å²) in [5.41, 5.74) is -0.0110. The minimum Gasteiger partial charge on any atom is -0.377 e. The number of unbranched alkanes of at least 4 members (excludes halogenated alkanes) is 2. The summed E-state index contributed by atoms with van der Waals surface area (Å²) in [5.74, 6) is 0. The fourth-order valence-corrected chi connectivity index (χ4v) is 2.07. The van der Waals surface area contributed by atoms with E-state index in [2.05, 4.69) is 33.0 Å². The zero-order chi connectivity index (χ0) is 12.4. The molecule has 0 amide bonds. The fraction of sp³-hybridized carbons (Fsp3) is 1.00. The molecule has 0 aliphatic rings. The Hall–Kier alpha value is -0.0800. The molecule has 2 unspecified atom stereocenters. The third-order valence-corrected chi connectivity index (χ3v) is 3.64. The van der Waals surface area contributed by atoms with Crippen molar-refractivity contribution in [3.05, 3.63) is 0 Å². The van der Waals surface area contributed by atoms with E-state index in [-0.39, 0.29) is 5.60 Å². The van der Waals surface area contributed by atoms with Crippen LogP contribution < -0.4 is 5.32 Å². The van der Waals surface area contributed by atoms with Crippen molar-refractivity contribution in [1.29, 1.82) is 0 Å². The second-order valence-electron chi connectivity index (χ2n) is 4.87. The van der Waals surface area contributed by atoms with Gasteiger partial charge in [0.2, 0.25) is 0 Å². The summed E-state index contributed by atoms with van der Waals surface area (Å²) in [6.45, 7) is 10.0. The van der Waals surface area contributed by atoms with E-state index >= 15 is 0 Å². The largest absolute Gasteiger partial charge is 0.377 e. The standard InChI is InChI=1S/C14H31NO/c1-6-9-10-11-13(15-12-7-2)14(4,8-3)16-5/h13,15H,6-12H2,1-5H3. The molecule has 0 heterocycles. The fourth-order valence-electron chi connectivity index (χ4n) is 2.07. The Morgan fingerprint density at radius 3 is 2.25 bits per heavy atom. The Bertz CT molecular complexity index is 155. The van der Waals surface area contributed by atoms with Crippen LogP contribution >= 0.6 is 0 Å². The lowest BCUT2D eigenvalue weighted by Gasteiger charge is -2.36. The highest BCUT2D eigenvalue weighted by atomic mass is 16.5. The molecule has 0 fully saturated rings. The number of hydrogen-bond donors (Lipinski definition) is 1. The molecule has 0 aliphatic heterocycles. The molecule has 2 heteroatoms. The Balaban J connectivity index is 4.26. The van der Waals surface area contributed by atoms with Crippen LogP contribution in [0.2, 0.25) is 0 Å². The van der Waals surface area contributed by atoms with Crippen LogP contribution in [0.3, 0.4) is 0 Å². The van der Waals surface area contributed by atoms with Gasteiger partial charge < -0.3 is 10.1 Å². The summed E-state index contributed by atoms with van der Waals surface area (Å²) in [6.07, 6.45) is 7.40. The van der Waals surface area contributed by atoms with Crippen LogP contribution in [0.5, 0.6) is 0 Å². The molecule has 0 saturated heterocycles. The lowest BCUT2D eigenvalue weighted by molar-refractivity contribution is -0.0315. The van der Waals surface area contributed by atoms with Crippen molar-refractivity contribution < 1.29 is 4.74 Å². The Morgan fingerprint density at radius 2 is 1.81 bits per heavy atom. The summed E-state index contributed by atoms with van der Waals surface area (Å²) < 4.78 is 5.71. The van der Waals surface area contributed by atoms with Gasteiger partial charge in [0.15, 0.2) is 0 Å². The second-order valence-corrected chi connectivity index (χ2v) is 4.87. The van der Waals surface area contributed by atoms with E-state index in [0.717, 1.165) is 13.0 Å². The quantitative estimate of drug-likeness (QED) is 0.576. The maximum Gasteiger partial charge on any atom is 0.0800 e. The first-order valence-corrected chi connectivity index (χ1v) is 6.93. The molecule has 0 radical (unpaired) electrons. The van der Waals surface area contributed by atoms with E-state index in [1.165, 1.54) is 32.1 Å². The van der Waals surface area contributed by atoms with Crippen molar-refractivity contribution in [1.82, 2.24) is 5.32 Å². The van der Waals surface area contributed by atoms with E-state index in [1.807, 2.05) is 7.11 Å². The van der Waals surface area contributed by atoms with Gasteiger partial charge in [-0.1, -0.05) is 40.0 Å². The van der Waals surface area contributed by atoms with Crippen molar-refractivity contribution in [2.45, 2.75) is 77.9 Å². The van der Waals surface area contributed by atoms with Gasteiger partial charge in [0, 0.05) is 13.2 Å². The van der Waals surface area contributed by atoms with E-state index in [0.29, 0.717) is 6.04 Å². The Morgan fingerprint density at radius 1 is 1.12 bits per heavy atom. The predicted octanol–water partition coefficient (Wildman–Crippen LogP) is 3.75. The van der Waals surface area contributed by atoms with Gasteiger partial charge in [-0.05, 0) is 32.7 Å². The highest BCUT2D eigenvalue weighted by molar-refractivity contribution is 4.88. The molecule has 0 bridgehead atoms. The first-order chi connectivity index (χ1) is 7.64. The summed E-state index contributed by atoms with van der Waals surface area (Å²) in [4.78, 5) is 0. The molecule has 2 atom stereocenters. The average molecular weight is 229 g/mol. The molecule has 0 aliphatic carbocycles. The number of methoxy groups -OCH3 is 1. The van der Waals surface area contributed by atoms with Crippen molar-refractivity contribution in [2.75, 3.05) is 13.7 Å². The van der Waals surface area contributed by atoms with Crippen LogP contribution in [0.4, 0.5) is 0 Å². The summed E-state index contributed by atoms with van der Waals surface area (Å²) >= 11 is 0. The SMILES string of the molecule is CCCCCC(NCCC)C(C)(CC)OC. The van der Waals surface area contributed by atoms with E-state index in [9.17, 15) is 0 Å². The second kappa shape index (κ2) is 9.00. The van der Waals surface area contributed by atoms with Crippen molar-refractivity contribution in [3.8, 4) is 0 Å². The topological polar surface area (TPSA) is 21.3 Å². The van der Waals surface area contributed by atoms with E-state index in [4.69, 9.17) is 4.74 Å². The van der Waals surface area contributed by atoms with Gasteiger partial charge in [-0.3, -0.25) is 0 Å². The summed E-state index contributed by atoms with van der Waals surface area (Å²) in [6, 6.07) is 0.494. The van der Waals surface area contributed by atoms with Crippen molar-refractivity contribution in [3.63, 3.8) is 0 Å². The molecular weight excluding hydrogens is 198 g/mol. The first kappa shape index (κ1) is 15.9. The number of hydrogen-bond acceptors (Lipinski definition) is 2. The van der Waals surface area contributed by atoms with Crippen LogP contribution in [-0.4, -0.2) is 25.3 Å². The van der Waals surface area contributed by atoms with Crippen molar-refractivity contribution in [2.24, 2.45) is 0 Å². The number of rotatable bonds is 10. The maximum absolute atomic E-state index is 5.71. The normalized spacial score (nSPS) is 17.1. The molecular formula is C14H31NO.